The highest BCUT2D eigenvalue weighted by Gasteiger charge is 2.13. The monoisotopic (exact) mass is 325 g/mol. The molecule has 24 heavy (non-hydrogen) atoms. The van der Waals surface area contributed by atoms with Gasteiger partial charge in [0.05, 0.1) is 13.1 Å². The molecule has 0 aliphatic heterocycles. The zero-order chi connectivity index (χ0) is 17.5. The van der Waals surface area contributed by atoms with Crippen molar-refractivity contribution < 1.29 is 9.59 Å². The predicted molar refractivity (Wildman–Crippen MR) is 97.1 cm³/mol. The third-order valence-corrected chi connectivity index (χ3v) is 3.90. The van der Waals surface area contributed by atoms with Crippen LogP contribution < -0.4 is 10.6 Å². The van der Waals surface area contributed by atoms with Crippen molar-refractivity contribution in [1.29, 1.82) is 0 Å². The van der Waals surface area contributed by atoms with E-state index in [4.69, 9.17) is 0 Å². The third-order valence-electron chi connectivity index (χ3n) is 3.90. The molecule has 0 bridgehead atoms. The van der Waals surface area contributed by atoms with Gasteiger partial charge >= 0.3 is 0 Å². The number of nitrogens with zero attached hydrogens (tertiary/aromatic N) is 1. The lowest BCUT2D eigenvalue weighted by Crippen LogP contribution is -2.38. The van der Waals surface area contributed by atoms with Gasteiger partial charge in [-0.3, -0.25) is 9.59 Å². The van der Waals surface area contributed by atoms with E-state index >= 15 is 0 Å². The van der Waals surface area contributed by atoms with Crippen LogP contribution in [0.25, 0.3) is 0 Å². The molecule has 0 aliphatic carbocycles. The summed E-state index contributed by atoms with van der Waals surface area (Å²) in [6.45, 7) is 4.12. The fourth-order valence-electron chi connectivity index (χ4n) is 2.25. The number of aryl methyl sites for hydroxylation is 1. The summed E-state index contributed by atoms with van der Waals surface area (Å²) in [5, 5.41) is 5.90. The van der Waals surface area contributed by atoms with Crippen molar-refractivity contribution in [3.63, 3.8) is 0 Å². The molecule has 5 nitrogen and oxygen atoms in total. The maximum Gasteiger partial charge on any atom is 0.243 e. The summed E-state index contributed by atoms with van der Waals surface area (Å²) in [5.41, 5.74) is 3.80. The summed E-state index contributed by atoms with van der Waals surface area (Å²) in [4.78, 5) is 25.7. The van der Waals surface area contributed by atoms with Gasteiger partial charge in [0.15, 0.2) is 0 Å². The first-order valence-electron chi connectivity index (χ1n) is 7.86. The summed E-state index contributed by atoms with van der Waals surface area (Å²) in [6.07, 6.45) is 0. The summed E-state index contributed by atoms with van der Waals surface area (Å²) in [6, 6.07) is 15.2. The van der Waals surface area contributed by atoms with E-state index in [1.165, 1.54) is 4.90 Å². The van der Waals surface area contributed by atoms with Crippen LogP contribution in [0.5, 0.6) is 0 Å². The summed E-state index contributed by atoms with van der Waals surface area (Å²) < 4.78 is 0. The number of rotatable bonds is 6. The van der Waals surface area contributed by atoms with Crippen LogP contribution >= 0.6 is 0 Å². The van der Waals surface area contributed by atoms with Crippen molar-refractivity contribution in [3.8, 4) is 0 Å². The number of amides is 2. The van der Waals surface area contributed by atoms with Gasteiger partial charge in [-0.2, -0.15) is 0 Å². The average Bonchev–Trinajstić information content (AvgIpc) is 2.57. The smallest absolute Gasteiger partial charge is 0.243 e. The molecule has 5 heteroatoms. The van der Waals surface area contributed by atoms with Crippen LogP contribution in [0.2, 0.25) is 0 Å². The Kier molecular flexibility index (Phi) is 5.95. The Bertz CT molecular complexity index is 714. The van der Waals surface area contributed by atoms with E-state index in [9.17, 15) is 9.59 Å². The molecule has 0 unspecified atom stereocenters. The van der Waals surface area contributed by atoms with E-state index in [2.05, 4.69) is 10.6 Å². The van der Waals surface area contributed by atoms with Crippen molar-refractivity contribution >= 4 is 23.2 Å². The van der Waals surface area contributed by atoms with E-state index in [-0.39, 0.29) is 24.9 Å². The minimum Gasteiger partial charge on any atom is -0.376 e. The van der Waals surface area contributed by atoms with Crippen LogP contribution in [-0.2, 0) is 9.59 Å². The second-order valence-electron chi connectivity index (χ2n) is 5.77. The second kappa shape index (κ2) is 8.15. The number of hydrogen-bond acceptors (Lipinski definition) is 3. The van der Waals surface area contributed by atoms with Crippen LogP contribution in [-0.4, -0.2) is 36.9 Å². The van der Waals surface area contributed by atoms with E-state index in [0.717, 1.165) is 22.5 Å². The molecule has 0 fully saturated rings. The number of benzene rings is 2. The number of hydrogen-bond donors (Lipinski definition) is 2. The van der Waals surface area contributed by atoms with Gasteiger partial charge in [0, 0.05) is 18.4 Å². The van der Waals surface area contributed by atoms with Crippen LogP contribution in [0.3, 0.4) is 0 Å². The highest BCUT2D eigenvalue weighted by Crippen LogP contribution is 2.17. The summed E-state index contributed by atoms with van der Waals surface area (Å²) >= 11 is 0. The molecule has 0 heterocycles. The first-order valence-corrected chi connectivity index (χ1v) is 7.86. The highest BCUT2D eigenvalue weighted by molar-refractivity contribution is 5.95. The molecule has 126 valence electrons. The Labute approximate surface area is 142 Å². The second-order valence-corrected chi connectivity index (χ2v) is 5.77. The topological polar surface area (TPSA) is 61.4 Å². The summed E-state index contributed by atoms with van der Waals surface area (Å²) in [5.74, 6) is -0.353. The van der Waals surface area contributed by atoms with E-state index < -0.39 is 0 Å². The Morgan fingerprint density at radius 3 is 2.42 bits per heavy atom. The molecular weight excluding hydrogens is 302 g/mol. The van der Waals surface area contributed by atoms with Gasteiger partial charge in [-0.05, 0) is 43.2 Å². The van der Waals surface area contributed by atoms with Gasteiger partial charge in [-0.1, -0.05) is 30.3 Å². The largest absolute Gasteiger partial charge is 0.376 e. The van der Waals surface area contributed by atoms with Gasteiger partial charge in [-0.15, -0.1) is 0 Å². The summed E-state index contributed by atoms with van der Waals surface area (Å²) in [7, 11) is 1.62. The van der Waals surface area contributed by atoms with Gasteiger partial charge in [0.25, 0.3) is 0 Å². The van der Waals surface area contributed by atoms with Crippen molar-refractivity contribution in [3.05, 3.63) is 59.7 Å². The van der Waals surface area contributed by atoms with Gasteiger partial charge < -0.3 is 15.5 Å². The first-order chi connectivity index (χ1) is 11.5. The van der Waals surface area contributed by atoms with E-state index in [1.54, 1.807) is 7.05 Å². The minimum absolute atomic E-state index is 0.0166. The Hall–Kier alpha value is -2.82. The average molecular weight is 325 g/mol. The fraction of sp³-hybridized carbons (Fsp3) is 0.263. The van der Waals surface area contributed by atoms with Crippen molar-refractivity contribution in [1.82, 2.24) is 4.90 Å². The molecule has 2 N–H and O–H groups in total. The lowest BCUT2D eigenvalue weighted by Gasteiger charge is -2.18. The molecule has 0 aliphatic rings. The number of carbonyl (C=O) groups excluding carboxylic acids is 2. The van der Waals surface area contributed by atoms with Gasteiger partial charge in [-0.25, -0.2) is 0 Å². The van der Waals surface area contributed by atoms with Crippen molar-refractivity contribution in [2.24, 2.45) is 0 Å². The molecule has 2 rings (SSSR count). The van der Waals surface area contributed by atoms with Crippen LogP contribution in [0, 0.1) is 13.8 Å². The number of para-hydroxylation sites is 1. The van der Waals surface area contributed by atoms with Crippen LogP contribution in [0.1, 0.15) is 11.1 Å². The maximum atomic E-state index is 12.1. The molecule has 0 radical (unpaired) electrons. The maximum absolute atomic E-state index is 12.1. The number of anilines is 2. The molecule has 2 aromatic rings. The highest BCUT2D eigenvalue weighted by atomic mass is 16.2. The lowest BCUT2D eigenvalue weighted by molar-refractivity contribution is -0.131. The molecular formula is C19H23N3O2. The molecule has 2 aromatic carbocycles. The molecule has 0 aromatic heterocycles. The number of nitrogens with one attached hydrogen (secondary N) is 2. The fourth-order valence-corrected chi connectivity index (χ4v) is 2.25. The predicted octanol–water partition coefficient (Wildman–Crippen LogP) is 2.81. The quantitative estimate of drug-likeness (QED) is 0.858. The molecule has 2 amide bonds. The number of likely N-dealkylation sites (N-methyl/N-ethyl adjacent to an activating group) is 1. The molecule has 0 saturated carbocycles. The van der Waals surface area contributed by atoms with Crippen LogP contribution in [0.15, 0.2) is 48.5 Å². The van der Waals surface area contributed by atoms with Crippen molar-refractivity contribution in [2.45, 2.75) is 13.8 Å². The Balaban J connectivity index is 1.84. The Morgan fingerprint density at radius 1 is 1.00 bits per heavy atom. The SMILES string of the molecule is Cc1cccc(NC(=O)CN(C)C(=O)CNc2ccccc2)c1C. The first kappa shape index (κ1) is 17.5. The minimum atomic E-state index is -0.209. The molecule has 0 atom stereocenters. The Morgan fingerprint density at radius 2 is 1.71 bits per heavy atom. The zero-order valence-corrected chi connectivity index (χ0v) is 14.3. The van der Waals surface area contributed by atoms with Crippen molar-refractivity contribution in [2.75, 3.05) is 30.8 Å². The van der Waals surface area contributed by atoms with Crippen LogP contribution in [0.4, 0.5) is 11.4 Å². The van der Waals surface area contributed by atoms with E-state index in [0.29, 0.717) is 0 Å². The van der Waals surface area contributed by atoms with E-state index in [1.807, 2.05) is 62.4 Å². The standard InChI is InChI=1S/C19H23N3O2/c1-14-8-7-11-17(15(14)2)21-18(23)13-22(3)19(24)12-20-16-9-5-4-6-10-16/h4-11,20H,12-13H2,1-3H3,(H,21,23). The van der Waals surface area contributed by atoms with Gasteiger partial charge in [0.2, 0.25) is 11.8 Å². The molecule has 0 saturated heterocycles. The van der Waals surface area contributed by atoms with Gasteiger partial charge in [0.1, 0.15) is 0 Å². The normalized spacial score (nSPS) is 10.1. The zero-order valence-electron chi connectivity index (χ0n) is 14.3. The molecule has 0 spiro atoms. The number of carbonyl (C=O) groups is 2. The lowest BCUT2D eigenvalue weighted by atomic mass is 10.1. The third kappa shape index (κ3) is 4.84.